The molecule has 0 saturated carbocycles. The van der Waals surface area contributed by atoms with Crippen LogP contribution < -0.4 is 0 Å². The molecule has 0 N–H and O–H groups in total. The highest BCUT2D eigenvalue weighted by atomic mass is 16.6. The molecule has 0 aromatic heterocycles. The van der Waals surface area contributed by atoms with Crippen LogP contribution in [0.15, 0.2) is 54.6 Å². The number of hydrogen-bond donors (Lipinski definition) is 0. The Bertz CT molecular complexity index is 779. The van der Waals surface area contributed by atoms with Gasteiger partial charge in [-0.25, -0.2) is 0 Å². The zero-order valence-corrected chi connectivity index (χ0v) is 14.7. The van der Waals surface area contributed by atoms with Crippen LogP contribution >= 0.6 is 0 Å². The molecule has 2 aromatic carbocycles. The Hall–Kier alpha value is -2.53. The Balaban J connectivity index is 1.92. The highest BCUT2D eigenvalue weighted by molar-refractivity contribution is 5.99. The van der Waals surface area contributed by atoms with Gasteiger partial charge < -0.3 is 0 Å². The first-order valence-electron chi connectivity index (χ1n) is 8.39. The maximum absolute atomic E-state index is 12.9. The molecule has 2 aromatic rings. The molecule has 2 atom stereocenters. The molecule has 0 aliphatic carbocycles. The van der Waals surface area contributed by atoms with Gasteiger partial charge in [-0.3, -0.25) is 19.8 Å². The van der Waals surface area contributed by atoms with E-state index in [0.29, 0.717) is 12.1 Å². The summed E-state index contributed by atoms with van der Waals surface area (Å²) < 4.78 is 0. The molecule has 0 radical (unpaired) electrons. The molecule has 3 rings (SSSR count). The van der Waals surface area contributed by atoms with Gasteiger partial charge in [0.05, 0.1) is 10.8 Å². The number of rotatable bonds is 4. The first-order valence-corrected chi connectivity index (χ1v) is 8.39. The van der Waals surface area contributed by atoms with Crippen LogP contribution in [0.1, 0.15) is 42.7 Å². The molecular weight excluding hydrogens is 316 g/mol. The fourth-order valence-electron chi connectivity index (χ4n) is 3.44. The Morgan fingerprint density at radius 1 is 1.08 bits per heavy atom. The van der Waals surface area contributed by atoms with Gasteiger partial charge in [-0.1, -0.05) is 42.5 Å². The normalized spacial score (nSPS) is 20.8. The Morgan fingerprint density at radius 2 is 1.68 bits per heavy atom. The first-order chi connectivity index (χ1) is 11.8. The topological polar surface area (TPSA) is 63.5 Å². The van der Waals surface area contributed by atoms with E-state index in [1.807, 2.05) is 30.3 Å². The van der Waals surface area contributed by atoms with Crippen molar-refractivity contribution in [2.45, 2.75) is 32.4 Å². The minimum atomic E-state index is -0.404. The zero-order chi connectivity index (χ0) is 18.2. The third kappa shape index (κ3) is 3.33. The van der Waals surface area contributed by atoms with Crippen LogP contribution in [0, 0.1) is 16.0 Å². The number of nitro groups is 1. The summed E-state index contributed by atoms with van der Waals surface area (Å²) in [5, 5.41) is 10.9. The third-order valence-electron chi connectivity index (χ3n) is 4.81. The third-order valence-corrected chi connectivity index (χ3v) is 4.81. The van der Waals surface area contributed by atoms with E-state index in [-0.39, 0.29) is 29.0 Å². The van der Waals surface area contributed by atoms with Crippen LogP contribution in [0.5, 0.6) is 0 Å². The lowest BCUT2D eigenvalue weighted by atomic mass is 9.75. The summed E-state index contributed by atoms with van der Waals surface area (Å²) in [5.74, 6) is -0.00691. The monoisotopic (exact) mass is 338 g/mol. The number of Topliss-reactive ketones (excluding diaryl/α,β-unsaturated/α-hetero) is 1. The van der Waals surface area contributed by atoms with E-state index in [0.717, 1.165) is 5.56 Å². The van der Waals surface area contributed by atoms with Crippen molar-refractivity contribution in [3.8, 4) is 0 Å². The molecule has 0 spiro atoms. The SMILES string of the molecule is CC(C)(C)N1C[C@@H](C(=O)c2ccccc2)[C@@H]1c1ccc([N+](=O)[O-])cc1. The van der Waals surface area contributed by atoms with Gasteiger partial charge in [-0.15, -0.1) is 0 Å². The molecule has 0 bridgehead atoms. The van der Waals surface area contributed by atoms with Gasteiger partial charge in [0.1, 0.15) is 0 Å². The van der Waals surface area contributed by atoms with Crippen LogP contribution in [0.2, 0.25) is 0 Å². The molecule has 5 heteroatoms. The second-order valence-electron chi connectivity index (χ2n) is 7.45. The average Bonchev–Trinajstić information content (AvgIpc) is 2.54. The van der Waals surface area contributed by atoms with E-state index in [2.05, 4.69) is 25.7 Å². The van der Waals surface area contributed by atoms with E-state index < -0.39 is 4.92 Å². The summed E-state index contributed by atoms with van der Waals surface area (Å²) in [4.78, 5) is 25.7. The van der Waals surface area contributed by atoms with Gasteiger partial charge in [0.25, 0.3) is 5.69 Å². The van der Waals surface area contributed by atoms with Crippen LogP contribution in [-0.2, 0) is 0 Å². The first kappa shape index (κ1) is 17.3. The van der Waals surface area contributed by atoms with Crippen molar-refractivity contribution in [1.82, 2.24) is 4.90 Å². The predicted octanol–water partition coefficient (Wildman–Crippen LogP) is 4.25. The smallest absolute Gasteiger partial charge is 0.269 e. The van der Waals surface area contributed by atoms with E-state index in [1.165, 1.54) is 12.1 Å². The number of non-ortho nitro benzene ring substituents is 1. The number of likely N-dealkylation sites (tertiary alicyclic amines) is 1. The van der Waals surface area contributed by atoms with Gasteiger partial charge in [-0.05, 0) is 26.3 Å². The number of nitro benzene ring substituents is 1. The van der Waals surface area contributed by atoms with Gasteiger partial charge in [0.15, 0.2) is 5.78 Å². The largest absolute Gasteiger partial charge is 0.294 e. The van der Waals surface area contributed by atoms with Crippen LogP contribution in [0.3, 0.4) is 0 Å². The quantitative estimate of drug-likeness (QED) is 0.475. The summed E-state index contributed by atoms with van der Waals surface area (Å²) >= 11 is 0. The molecular formula is C20H22N2O3. The highest BCUT2D eigenvalue weighted by Gasteiger charge is 2.48. The lowest BCUT2D eigenvalue weighted by Gasteiger charge is -2.54. The second-order valence-corrected chi connectivity index (χ2v) is 7.45. The number of carbonyl (C=O) groups is 1. The number of benzene rings is 2. The molecule has 1 aliphatic rings. The Morgan fingerprint density at radius 3 is 2.20 bits per heavy atom. The molecule has 1 heterocycles. The predicted molar refractivity (Wildman–Crippen MR) is 96.6 cm³/mol. The number of hydrogen-bond acceptors (Lipinski definition) is 4. The maximum atomic E-state index is 12.9. The van der Waals surface area contributed by atoms with Gasteiger partial charge in [0, 0.05) is 35.8 Å². The summed E-state index contributed by atoms with van der Waals surface area (Å²) in [5.41, 5.74) is 1.64. The van der Waals surface area contributed by atoms with E-state index in [9.17, 15) is 14.9 Å². The minimum absolute atomic E-state index is 0.0616. The van der Waals surface area contributed by atoms with Crippen molar-refractivity contribution >= 4 is 11.5 Å². The molecule has 1 aliphatic heterocycles. The average molecular weight is 338 g/mol. The lowest BCUT2D eigenvalue weighted by Crippen LogP contribution is -2.60. The van der Waals surface area contributed by atoms with Crippen molar-refractivity contribution in [2.75, 3.05) is 6.54 Å². The van der Waals surface area contributed by atoms with Crippen molar-refractivity contribution in [2.24, 2.45) is 5.92 Å². The second kappa shape index (κ2) is 6.41. The van der Waals surface area contributed by atoms with Crippen LogP contribution in [-0.4, -0.2) is 27.7 Å². The van der Waals surface area contributed by atoms with Crippen LogP contribution in [0.25, 0.3) is 0 Å². The van der Waals surface area contributed by atoms with Crippen molar-refractivity contribution in [3.05, 3.63) is 75.8 Å². The number of carbonyl (C=O) groups excluding carboxylic acids is 1. The molecule has 1 fully saturated rings. The fourth-order valence-corrected chi connectivity index (χ4v) is 3.44. The van der Waals surface area contributed by atoms with Gasteiger partial charge >= 0.3 is 0 Å². The molecule has 25 heavy (non-hydrogen) atoms. The molecule has 130 valence electrons. The summed E-state index contributed by atoms with van der Waals surface area (Å²) in [7, 11) is 0. The summed E-state index contributed by atoms with van der Waals surface area (Å²) in [6.45, 7) is 7.05. The van der Waals surface area contributed by atoms with E-state index in [1.54, 1.807) is 12.1 Å². The molecule has 1 saturated heterocycles. The maximum Gasteiger partial charge on any atom is 0.269 e. The fraction of sp³-hybridized carbons (Fsp3) is 0.350. The van der Waals surface area contributed by atoms with Gasteiger partial charge in [0.2, 0.25) is 0 Å². The van der Waals surface area contributed by atoms with E-state index in [4.69, 9.17) is 0 Å². The van der Waals surface area contributed by atoms with E-state index >= 15 is 0 Å². The Kier molecular flexibility index (Phi) is 4.43. The summed E-state index contributed by atoms with van der Waals surface area (Å²) in [6, 6.07) is 15.8. The summed E-state index contributed by atoms with van der Waals surface area (Å²) in [6.07, 6.45) is 0. The van der Waals surface area contributed by atoms with Gasteiger partial charge in [-0.2, -0.15) is 0 Å². The zero-order valence-electron chi connectivity index (χ0n) is 14.7. The number of nitrogens with zero attached hydrogens (tertiary/aromatic N) is 2. The van der Waals surface area contributed by atoms with Crippen LogP contribution in [0.4, 0.5) is 5.69 Å². The Labute approximate surface area is 147 Å². The van der Waals surface area contributed by atoms with Crippen molar-refractivity contribution in [3.63, 3.8) is 0 Å². The van der Waals surface area contributed by atoms with Crippen molar-refractivity contribution in [1.29, 1.82) is 0 Å². The highest BCUT2D eigenvalue weighted by Crippen LogP contribution is 2.45. The van der Waals surface area contributed by atoms with Crippen molar-refractivity contribution < 1.29 is 9.72 Å². The lowest BCUT2D eigenvalue weighted by molar-refractivity contribution is -0.384. The minimum Gasteiger partial charge on any atom is -0.294 e. The molecule has 5 nitrogen and oxygen atoms in total. The standard InChI is InChI=1S/C20H22N2O3/c1-20(2,3)21-13-17(19(23)15-7-5-4-6-8-15)18(21)14-9-11-16(12-10-14)22(24)25/h4-12,17-18H,13H2,1-3H3/t17-,18+/m1/s1. The molecule has 0 amide bonds. The number of ketones is 1. The molecule has 0 unspecified atom stereocenters.